The number of aromatic nitrogens is 1. The molecule has 0 atom stereocenters. The van der Waals surface area contributed by atoms with Crippen LogP contribution in [0.15, 0.2) is 42.7 Å². The average Bonchev–Trinajstić information content (AvgIpc) is 2.76. The number of nitrogens with zero attached hydrogens (tertiary/aromatic N) is 1. The van der Waals surface area contributed by atoms with Crippen LogP contribution in [0.4, 0.5) is 5.69 Å². The lowest BCUT2D eigenvalue weighted by atomic mass is 10.2. The van der Waals surface area contributed by atoms with Gasteiger partial charge in [-0.2, -0.15) is 0 Å². The van der Waals surface area contributed by atoms with Gasteiger partial charge < -0.3 is 9.67 Å². The minimum atomic E-state index is -2.94. The monoisotopic (exact) mass is 354 g/mol. The van der Waals surface area contributed by atoms with E-state index in [0.29, 0.717) is 18.0 Å². The molecule has 0 spiro atoms. The predicted molar refractivity (Wildman–Crippen MR) is 101 cm³/mol. The molecule has 0 bridgehead atoms. The lowest BCUT2D eigenvalue weighted by molar-refractivity contribution is 0.473. The van der Waals surface area contributed by atoms with Gasteiger partial charge in [0, 0.05) is 27.0 Å². The molecule has 1 heterocycles. The van der Waals surface area contributed by atoms with Crippen LogP contribution in [-0.2, 0) is 6.54 Å². The summed E-state index contributed by atoms with van der Waals surface area (Å²) in [5.74, 6) is 0.334. The van der Waals surface area contributed by atoms with Crippen LogP contribution < -0.4 is 4.72 Å². The van der Waals surface area contributed by atoms with Crippen LogP contribution in [0.3, 0.4) is 0 Å². The topological polar surface area (TPSA) is 77.7 Å². The normalized spacial score (nSPS) is 13.1. The highest BCUT2D eigenvalue weighted by molar-refractivity contribution is 8.25. The summed E-state index contributed by atoms with van der Waals surface area (Å²) in [4.78, 5) is 0. The quantitative estimate of drug-likeness (QED) is 0.546. The van der Waals surface area contributed by atoms with Gasteiger partial charge in [0.25, 0.3) is 0 Å². The van der Waals surface area contributed by atoms with E-state index in [2.05, 4.69) is 24.4 Å². The fraction of sp³-hybridized carbons (Fsp3) is 0.375. The molecule has 2 aromatic rings. The first-order chi connectivity index (χ1) is 10.6. The zero-order chi connectivity index (χ0) is 17.1. The highest BCUT2D eigenvalue weighted by atomic mass is 32.3. The maximum atomic E-state index is 10.2. The fourth-order valence-corrected chi connectivity index (χ4v) is 6.34. The number of hydrogen-bond donors (Lipinski definition) is 4. The highest BCUT2D eigenvalue weighted by Gasteiger charge is 2.21. The Morgan fingerprint density at radius 2 is 1.74 bits per heavy atom. The van der Waals surface area contributed by atoms with Crippen molar-refractivity contribution in [3.63, 3.8) is 0 Å². The first-order valence-electron chi connectivity index (χ1n) is 7.61. The standard InChI is InChI=1S/C16H26N2O3SSi/c1-23(2,3)10-9-22(20,21)17-15-12-18(13-16(15)19)11-14-7-5-4-6-8-14/h4-8,12-13,17,19-21H,9-11H2,1-3H3. The molecule has 0 fully saturated rings. The molecule has 0 unspecified atom stereocenters. The first kappa shape index (κ1) is 17.9. The van der Waals surface area contributed by atoms with E-state index in [1.165, 1.54) is 0 Å². The van der Waals surface area contributed by atoms with Crippen molar-refractivity contribution in [3.8, 4) is 5.75 Å². The van der Waals surface area contributed by atoms with Gasteiger partial charge >= 0.3 is 0 Å². The summed E-state index contributed by atoms with van der Waals surface area (Å²) in [6.45, 7) is 7.19. The minimum Gasteiger partial charge on any atom is -0.504 e. The second-order valence-electron chi connectivity index (χ2n) is 7.00. The molecule has 2 rings (SSSR count). The molecule has 0 saturated carbocycles. The van der Waals surface area contributed by atoms with Crippen LogP contribution in [0.2, 0.25) is 25.7 Å². The Kier molecular flexibility index (Phi) is 5.46. The summed E-state index contributed by atoms with van der Waals surface area (Å²) in [7, 11) is -4.29. The number of rotatable bonds is 7. The van der Waals surface area contributed by atoms with Gasteiger partial charge in [0.15, 0.2) is 5.75 Å². The third-order valence-electron chi connectivity index (χ3n) is 3.48. The summed E-state index contributed by atoms with van der Waals surface area (Å²) < 4.78 is 24.9. The predicted octanol–water partition coefficient (Wildman–Crippen LogP) is 4.66. The summed E-state index contributed by atoms with van der Waals surface area (Å²) in [6, 6.07) is 10.7. The van der Waals surface area contributed by atoms with Crippen molar-refractivity contribution in [3.05, 3.63) is 48.3 Å². The van der Waals surface area contributed by atoms with Crippen LogP contribution in [0, 0.1) is 0 Å². The van der Waals surface area contributed by atoms with Crippen molar-refractivity contribution in [1.29, 1.82) is 0 Å². The Morgan fingerprint density at radius 3 is 2.35 bits per heavy atom. The number of anilines is 1. The van der Waals surface area contributed by atoms with Gasteiger partial charge in [0.1, 0.15) is 5.69 Å². The van der Waals surface area contributed by atoms with Crippen molar-refractivity contribution in [1.82, 2.24) is 4.57 Å². The zero-order valence-corrected chi connectivity index (χ0v) is 15.7. The Hall–Kier alpha value is -1.41. The summed E-state index contributed by atoms with van der Waals surface area (Å²) in [5.41, 5.74) is 1.47. The van der Waals surface area contributed by atoms with Crippen molar-refractivity contribution in [2.75, 3.05) is 10.5 Å². The fourth-order valence-electron chi connectivity index (χ4n) is 2.14. The number of aromatic hydroxyl groups is 1. The molecule has 0 aliphatic rings. The third-order valence-corrected chi connectivity index (χ3v) is 6.91. The van der Waals surface area contributed by atoms with Crippen molar-refractivity contribution < 1.29 is 14.2 Å². The van der Waals surface area contributed by atoms with Gasteiger partial charge in [-0.05, 0) is 11.6 Å². The third kappa shape index (κ3) is 5.95. The van der Waals surface area contributed by atoms with Crippen LogP contribution in [0.25, 0.3) is 0 Å². The lowest BCUT2D eigenvalue weighted by Crippen LogP contribution is -2.24. The molecule has 0 aliphatic carbocycles. The molecule has 5 nitrogen and oxygen atoms in total. The zero-order valence-electron chi connectivity index (χ0n) is 13.9. The van der Waals surface area contributed by atoms with Crippen molar-refractivity contribution in [2.45, 2.75) is 32.2 Å². The first-order valence-corrected chi connectivity index (χ1v) is 13.0. The second kappa shape index (κ2) is 7.00. The van der Waals surface area contributed by atoms with Crippen LogP contribution in [0.1, 0.15) is 5.56 Å². The maximum absolute atomic E-state index is 10.2. The van der Waals surface area contributed by atoms with Crippen molar-refractivity contribution >= 4 is 24.5 Å². The second-order valence-corrected chi connectivity index (χ2v) is 14.6. The summed E-state index contributed by atoms with van der Waals surface area (Å²) >= 11 is 0. The largest absolute Gasteiger partial charge is 0.504 e. The number of nitrogens with one attached hydrogen (secondary N) is 1. The molecule has 128 valence electrons. The van der Waals surface area contributed by atoms with E-state index in [9.17, 15) is 14.2 Å². The van der Waals surface area contributed by atoms with Crippen LogP contribution in [0.5, 0.6) is 5.75 Å². The minimum absolute atomic E-state index is 0.0221. The maximum Gasteiger partial charge on any atom is 0.158 e. The van der Waals surface area contributed by atoms with Gasteiger partial charge in [-0.15, -0.1) is 10.8 Å². The van der Waals surface area contributed by atoms with Crippen LogP contribution >= 0.6 is 10.8 Å². The van der Waals surface area contributed by atoms with Gasteiger partial charge in [-0.3, -0.25) is 13.8 Å². The van der Waals surface area contributed by atoms with Gasteiger partial charge in [0.05, 0.1) is 5.75 Å². The van der Waals surface area contributed by atoms with Crippen LogP contribution in [-0.4, -0.2) is 32.6 Å². The Balaban J connectivity index is 2.03. The molecule has 7 heteroatoms. The highest BCUT2D eigenvalue weighted by Crippen LogP contribution is 2.43. The SMILES string of the molecule is C[Si](C)(C)CCS(O)(O)Nc1cn(Cc2ccccc2)cc1O. The Labute approximate surface area is 140 Å². The molecule has 0 saturated heterocycles. The van der Waals surface area contributed by atoms with E-state index < -0.39 is 18.8 Å². The average molecular weight is 355 g/mol. The number of hydrogen-bond acceptors (Lipinski definition) is 4. The molecule has 1 aromatic heterocycles. The molecule has 0 amide bonds. The smallest absolute Gasteiger partial charge is 0.158 e. The Morgan fingerprint density at radius 1 is 1.09 bits per heavy atom. The molecular formula is C16H26N2O3SSi. The van der Waals surface area contributed by atoms with E-state index in [-0.39, 0.29) is 5.75 Å². The van der Waals surface area contributed by atoms with Gasteiger partial charge in [-0.1, -0.05) is 50.0 Å². The van der Waals surface area contributed by atoms with E-state index in [0.717, 1.165) is 11.6 Å². The van der Waals surface area contributed by atoms with Gasteiger partial charge in [0.2, 0.25) is 0 Å². The number of benzene rings is 1. The molecule has 0 aliphatic heterocycles. The van der Waals surface area contributed by atoms with E-state index >= 15 is 0 Å². The van der Waals surface area contributed by atoms with E-state index in [4.69, 9.17) is 0 Å². The molecule has 1 aromatic carbocycles. The molecular weight excluding hydrogens is 328 g/mol. The Bertz CT molecular complexity index is 639. The molecule has 4 N–H and O–H groups in total. The molecule has 23 heavy (non-hydrogen) atoms. The van der Waals surface area contributed by atoms with E-state index in [1.807, 2.05) is 34.9 Å². The summed E-state index contributed by atoms with van der Waals surface area (Å²) in [5, 5.41) is 10.0. The van der Waals surface area contributed by atoms with Gasteiger partial charge in [-0.25, -0.2) is 0 Å². The summed E-state index contributed by atoms with van der Waals surface area (Å²) in [6.07, 6.45) is 3.29. The lowest BCUT2D eigenvalue weighted by Gasteiger charge is -2.35. The van der Waals surface area contributed by atoms with E-state index in [1.54, 1.807) is 12.4 Å². The van der Waals surface area contributed by atoms with Crippen molar-refractivity contribution in [2.24, 2.45) is 0 Å². The molecule has 0 radical (unpaired) electrons.